The minimum Gasteiger partial charge on any atom is -0.484 e. The summed E-state index contributed by atoms with van der Waals surface area (Å²) < 4.78 is 23.2. The topological polar surface area (TPSA) is 106 Å². The molecule has 0 spiro atoms. The van der Waals surface area contributed by atoms with Crippen molar-refractivity contribution < 1.29 is 28.2 Å². The normalized spacial score (nSPS) is 10.3. The Hall–Kier alpha value is -3.79. The maximum Gasteiger partial charge on any atom is 0.338 e. The van der Waals surface area contributed by atoms with Crippen molar-refractivity contribution in [3.05, 3.63) is 71.6 Å². The second-order valence-electron chi connectivity index (χ2n) is 6.33. The van der Waals surface area contributed by atoms with E-state index in [-0.39, 0.29) is 17.5 Å². The lowest BCUT2D eigenvalue weighted by molar-refractivity contribution is -0.123. The Kier molecular flexibility index (Phi) is 9.79. The fourth-order valence-corrected chi connectivity index (χ4v) is 2.36. The second kappa shape index (κ2) is 12.8. The molecule has 0 unspecified atom stereocenters. The summed E-state index contributed by atoms with van der Waals surface area (Å²) in [6.07, 6.45) is 3.43. The Morgan fingerprint density at radius 3 is 2.38 bits per heavy atom. The molecule has 32 heavy (non-hydrogen) atoms. The van der Waals surface area contributed by atoms with E-state index < -0.39 is 17.8 Å². The average molecular weight is 459 g/mol. The predicted molar refractivity (Wildman–Crippen MR) is 120 cm³/mol. The first-order chi connectivity index (χ1) is 15.4. The molecule has 0 saturated heterocycles. The maximum absolute atomic E-state index is 12.9. The summed E-state index contributed by atoms with van der Waals surface area (Å²) in [5.74, 6) is -1.50. The van der Waals surface area contributed by atoms with Crippen LogP contribution in [-0.2, 0) is 14.3 Å². The minimum atomic E-state index is -0.546. The summed E-state index contributed by atoms with van der Waals surface area (Å²) in [5, 5.41) is 2.22. The molecule has 0 aromatic heterocycles. The molecule has 0 bridgehead atoms. The highest BCUT2D eigenvalue weighted by atomic mass is 32.1. The van der Waals surface area contributed by atoms with Gasteiger partial charge in [0.25, 0.3) is 5.91 Å². The van der Waals surface area contributed by atoms with E-state index >= 15 is 0 Å². The van der Waals surface area contributed by atoms with Crippen molar-refractivity contribution in [1.82, 2.24) is 16.2 Å². The molecule has 0 radical (unpaired) electrons. The number of ether oxygens (including phenoxy) is 2. The van der Waals surface area contributed by atoms with Crippen molar-refractivity contribution in [3.8, 4) is 5.75 Å². The molecular formula is C22H22FN3O5S. The third kappa shape index (κ3) is 8.92. The van der Waals surface area contributed by atoms with Crippen molar-refractivity contribution in [3.63, 3.8) is 0 Å². The molecule has 2 aromatic carbocycles. The Balaban J connectivity index is 1.68. The fraction of sp³-hybridized carbons (Fsp3) is 0.182. The maximum atomic E-state index is 12.9. The smallest absolute Gasteiger partial charge is 0.338 e. The van der Waals surface area contributed by atoms with Crippen LogP contribution in [0.5, 0.6) is 5.75 Å². The monoisotopic (exact) mass is 459 g/mol. The Bertz CT molecular complexity index is 978. The number of benzene rings is 2. The SMILES string of the molecule is CCCOC(=O)c1ccc(OCC(=O)NNC(=S)NC(=O)C=Cc2ccc(F)cc2)cc1. The third-order valence-corrected chi connectivity index (χ3v) is 3.95. The number of hydrogen-bond acceptors (Lipinski definition) is 6. The summed E-state index contributed by atoms with van der Waals surface area (Å²) >= 11 is 4.92. The van der Waals surface area contributed by atoms with Gasteiger partial charge in [-0.15, -0.1) is 0 Å². The molecular weight excluding hydrogens is 437 g/mol. The largest absolute Gasteiger partial charge is 0.484 e. The Morgan fingerprint density at radius 2 is 1.72 bits per heavy atom. The van der Waals surface area contributed by atoms with E-state index in [4.69, 9.17) is 21.7 Å². The number of esters is 1. The van der Waals surface area contributed by atoms with E-state index in [0.29, 0.717) is 23.5 Å². The van der Waals surface area contributed by atoms with E-state index in [9.17, 15) is 18.8 Å². The van der Waals surface area contributed by atoms with Crippen LogP contribution in [-0.4, -0.2) is 36.1 Å². The molecule has 0 aliphatic carbocycles. The number of carbonyl (C=O) groups excluding carboxylic acids is 3. The number of nitrogens with one attached hydrogen (secondary N) is 3. The zero-order valence-corrected chi connectivity index (χ0v) is 18.0. The standard InChI is InChI=1S/C22H22FN3O5S/c1-2-13-30-21(29)16-6-10-18(11-7-16)31-14-20(28)25-26-22(32)24-19(27)12-5-15-3-8-17(23)9-4-15/h3-12H,2,13-14H2,1H3,(H,25,28)(H2,24,26,27,32). The lowest BCUT2D eigenvalue weighted by Gasteiger charge is -2.11. The van der Waals surface area contributed by atoms with E-state index in [1.165, 1.54) is 48.6 Å². The zero-order chi connectivity index (χ0) is 23.3. The quantitative estimate of drug-likeness (QED) is 0.241. The second-order valence-corrected chi connectivity index (χ2v) is 6.73. The number of carbonyl (C=O) groups is 3. The first-order valence-corrected chi connectivity index (χ1v) is 10.0. The van der Waals surface area contributed by atoms with E-state index in [1.807, 2.05) is 6.92 Å². The van der Waals surface area contributed by atoms with Gasteiger partial charge in [0, 0.05) is 6.08 Å². The molecule has 2 rings (SSSR count). The first-order valence-electron chi connectivity index (χ1n) is 9.61. The molecule has 8 nitrogen and oxygen atoms in total. The molecule has 0 aliphatic rings. The molecule has 168 valence electrons. The molecule has 2 aromatic rings. The van der Waals surface area contributed by atoms with Crippen molar-refractivity contribution in [2.24, 2.45) is 0 Å². The summed E-state index contributed by atoms with van der Waals surface area (Å²) in [6, 6.07) is 11.7. The van der Waals surface area contributed by atoms with Gasteiger partial charge < -0.3 is 9.47 Å². The van der Waals surface area contributed by atoms with Crippen molar-refractivity contribution in [2.75, 3.05) is 13.2 Å². The van der Waals surface area contributed by atoms with Gasteiger partial charge in [-0.05, 0) is 66.7 Å². The van der Waals surface area contributed by atoms with Gasteiger partial charge in [-0.3, -0.25) is 25.8 Å². The highest BCUT2D eigenvalue weighted by Gasteiger charge is 2.08. The molecule has 0 fully saturated rings. The van der Waals surface area contributed by atoms with Crippen molar-refractivity contribution in [1.29, 1.82) is 0 Å². The number of thiocarbonyl (C=S) groups is 1. The Morgan fingerprint density at radius 1 is 1.03 bits per heavy atom. The van der Waals surface area contributed by atoms with Gasteiger partial charge in [-0.25, -0.2) is 9.18 Å². The summed E-state index contributed by atoms with van der Waals surface area (Å²) in [4.78, 5) is 35.4. The van der Waals surface area contributed by atoms with E-state index in [0.717, 1.165) is 6.42 Å². The third-order valence-electron chi connectivity index (χ3n) is 3.75. The predicted octanol–water partition coefficient (Wildman–Crippen LogP) is 2.51. The van der Waals surface area contributed by atoms with Crippen LogP contribution >= 0.6 is 12.2 Å². The average Bonchev–Trinajstić information content (AvgIpc) is 2.79. The van der Waals surface area contributed by atoms with Crippen LogP contribution in [0.3, 0.4) is 0 Å². The molecule has 0 saturated carbocycles. The van der Waals surface area contributed by atoms with E-state index in [2.05, 4.69) is 16.2 Å². The molecule has 0 heterocycles. The molecule has 2 amide bonds. The number of hydrazine groups is 1. The van der Waals surface area contributed by atoms with Crippen LogP contribution in [0.2, 0.25) is 0 Å². The van der Waals surface area contributed by atoms with E-state index in [1.54, 1.807) is 12.1 Å². The van der Waals surface area contributed by atoms with Crippen molar-refractivity contribution >= 4 is 41.2 Å². The molecule has 10 heteroatoms. The highest BCUT2D eigenvalue weighted by Crippen LogP contribution is 2.13. The van der Waals surface area contributed by atoms with Gasteiger partial charge in [-0.2, -0.15) is 0 Å². The zero-order valence-electron chi connectivity index (χ0n) is 17.2. The first kappa shape index (κ1) is 24.5. The number of hydrogen-bond donors (Lipinski definition) is 3. The molecule has 0 atom stereocenters. The van der Waals surface area contributed by atoms with Crippen LogP contribution in [0.25, 0.3) is 6.08 Å². The van der Waals surface area contributed by atoms with Crippen LogP contribution in [0, 0.1) is 5.82 Å². The number of amides is 2. The van der Waals surface area contributed by atoms with Crippen molar-refractivity contribution in [2.45, 2.75) is 13.3 Å². The van der Waals surface area contributed by atoms with Crippen LogP contribution < -0.4 is 20.9 Å². The fourth-order valence-electron chi connectivity index (χ4n) is 2.21. The highest BCUT2D eigenvalue weighted by molar-refractivity contribution is 7.80. The summed E-state index contributed by atoms with van der Waals surface area (Å²) in [7, 11) is 0. The van der Waals surface area contributed by atoms with Gasteiger partial charge in [0.15, 0.2) is 11.7 Å². The summed E-state index contributed by atoms with van der Waals surface area (Å²) in [5.41, 5.74) is 5.67. The number of rotatable bonds is 8. The minimum absolute atomic E-state index is 0.123. The molecule has 3 N–H and O–H groups in total. The molecule has 0 aliphatic heterocycles. The lowest BCUT2D eigenvalue weighted by atomic mass is 10.2. The Labute approximate surface area is 189 Å². The van der Waals surface area contributed by atoms with Gasteiger partial charge in [0.2, 0.25) is 5.91 Å². The van der Waals surface area contributed by atoms with Gasteiger partial charge in [0.05, 0.1) is 12.2 Å². The summed E-state index contributed by atoms with van der Waals surface area (Å²) in [6.45, 7) is 1.92. The number of halogens is 1. The van der Waals surface area contributed by atoms with Gasteiger partial charge in [0.1, 0.15) is 11.6 Å². The van der Waals surface area contributed by atoms with Crippen LogP contribution in [0.15, 0.2) is 54.6 Å². The van der Waals surface area contributed by atoms with Gasteiger partial charge >= 0.3 is 5.97 Å². The van der Waals surface area contributed by atoms with Crippen LogP contribution in [0.1, 0.15) is 29.3 Å². The van der Waals surface area contributed by atoms with Crippen LogP contribution in [0.4, 0.5) is 4.39 Å². The van der Waals surface area contributed by atoms with Gasteiger partial charge in [-0.1, -0.05) is 19.1 Å². The lowest BCUT2D eigenvalue weighted by Crippen LogP contribution is -2.49.